The van der Waals surface area contributed by atoms with Crippen molar-refractivity contribution in [3.05, 3.63) is 11.9 Å². The zero-order chi connectivity index (χ0) is 11.6. The molecule has 0 unspecified atom stereocenters. The topological polar surface area (TPSA) is 66.1 Å². The molecule has 1 heterocycles. The fourth-order valence-corrected chi connectivity index (χ4v) is 3.30. The molecule has 1 aromatic rings. The molecule has 0 aliphatic rings. The van der Waals surface area contributed by atoms with Crippen molar-refractivity contribution in [2.24, 2.45) is 0 Å². The van der Waals surface area contributed by atoms with Gasteiger partial charge in [0.2, 0.25) is 10.0 Å². The van der Waals surface area contributed by atoms with Crippen LogP contribution in [0.15, 0.2) is 11.1 Å². The summed E-state index contributed by atoms with van der Waals surface area (Å²) in [5.41, 5.74) is 0.578. The van der Waals surface area contributed by atoms with Crippen LogP contribution in [0.5, 0.6) is 0 Å². The maximum Gasteiger partial charge on any atom is 0.246 e. The average Bonchev–Trinajstić information content (AvgIpc) is 2.51. The zero-order valence-electron chi connectivity index (χ0n) is 9.48. The molecule has 0 radical (unpaired) electrons. The molecule has 1 N–H and O–H groups in total. The summed E-state index contributed by atoms with van der Waals surface area (Å²) < 4.78 is 25.8. The lowest BCUT2D eigenvalue weighted by molar-refractivity contribution is 0.369. The van der Waals surface area contributed by atoms with Gasteiger partial charge >= 0.3 is 0 Å². The van der Waals surface area contributed by atoms with Gasteiger partial charge in [-0.3, -0.25) is 5.10 Å². The number of nitrogens with one attached hydrogen (secondary N) is 1. The Bertz CT molecular complexity index is 422. The SMILES string of the molecule is CCN(C(C)C)S(=O)(=O)c1cn[nH]c1C. The van der Waals surface area contributed by atoms with Gasteiger partial charge in [-0.25, -0.2) is 8.42 Å². The number of hydrogen-bond acceptors (Lipinski definition) is 3. The highest BCUT2D eigenvalue weighted by atomic mass is 32.2. The molecule has 0 aliphatic carbocycles. The minimum absolute atomic E-state index is 0.0469. The van der Waals surface area contributed by atoms with Crippen LogP contribution in [0.3, 0.4) is 0 Å². The lowest BCUT2D eigenvalue weighted by atomic mass is 10.4. The van der Waals surface area contributed by atoms with E-state index in [1.807, 2.05) is 20.8 Å². The third-order valence-corrected chi connectivity index (χ3v) is 4.52. The fraction of sp³-hybridized carbons (Fsp3) is 0.667. The largest absolute Gasteiger partial charge is 0.281 e. The first-order valence-electron chi connectivity index (χ1n) is 4.93. The van der Waals surface area contributed by atoms with Crippen molar-refractivity contribution < 1.29 is 8.42 Å². The van der Waals surface area contributed by atoms with Gasteiger partial charge < -0.3 is 0 Å². The van der Waals surface area contributed by atoms with Crippen LogP contribution in [0.4, 0.5) is 0 Å². The third-order valence-electron chi connectivity index (χ3n) is 2.26. The first-order valence-corrected chi connectivity index (χ1v) is 6.37. The summed E-state index contributed by atoms with van der Waals surface area (Å²) in [4.78, 5) is 0.262. The van der Waals surface area contributed by atoms with E-state index in [4.69, 9.17) is 0 Å². The Balaban J connectivity index is 3.18. The zero-order valence-corrected chi connectivity index (χ0v) is 10.3. The Hall–Kier alpha value is -0.880. The van der Waals surface area contributed by atoms with Gasteiger partial charge in [-0.2, -0.15) is 9.40 Å². The molecule has 0 atom stereocenters. The molecule has 86 valence electrons. The van der Waals surface area contributed by atoms with Crippen LogP contribution in [0.1, 0.15) is 26.5 Å². The van der Waals surface area contributed by atoms with Crippen molar-refractivity contribution in [3.8, 4) is 0 Å². The number of nitrogens with zero attached hydrogens (tertiary/aromatic N) is 2. The van der Waals surface area contributed by atoms with Gasteiger partial charge in [0.1, 0.15) is 4.90 Å². The summed E-state index contributed by atoms with van der Waals surface area (Å²) in [6, 6.07) is -0.0469. The van der Waals surface area contributed by atoms with E-state index in [-0.39, 0.29) is 10.9 Å². The van der Waals surface area contributed by atoms with E-state index in [1.54, 1.807) is 6.92 Å². The van der Waals surface area contributed by atoms with Gasteiger partial charge in [0, 0.05) is 12.6 Å². The summed E-state index contributed by atoms with van der Waals surface area (Å²) in [7, 11) is -3.40. The highest BCUT2D eigenvalue weighted by Crippen LogP contribution is 2.19. The van der Waals surface area contributed by atoms with Gasteiger partial charge in [-0.1, -0.05) is 6.92 Å². The van der Waals surface area contributed by atoms with Gasteiger partial charge in [-0.05, 0) is 20.8 Å². The maximum absolute atomic E-state index is 12.2. The molecular formula is C9H17N3O2S. The van der Waals surface area contributed by atoms with E-state index in [1.165, 1.54) is 10.5 Å². The number of aryl methyl sites for hydroxylation is 1. The molecule has 5 nitrogen and oxygen atoms in total. The Morgan fingerprint density at radius 3 is 2.47 bits per heavy atom. The molecule has 0 saturated carbocycles. The molecule has 0 amide bonds. The van der Waals surface area contributed by atoms with Crippen LogP contribution < -0.4 is 0 Å². The molecule has 0 saturated heterocycles. The number of hydrogen-bond donors (Lipinski definition) is 1. The molecule has 1 aromatic heterocycles. The van der Waals surface area contributed by atoms with Gasteiger partial charge in [0.25, 0.3) is 0 Å². The molecule has 0 fully saturated rings. The van der Waals surface area contributed by atoms with Crippen LogP contribution in [0.2, 0.25) is 0 Å². The van der Waals surface area contributed by atoms with E-state index >= 15 is 0 Å². The average molecular weight is 231 g/mol. The first kappa shape index (κ1) is 12.2. The van der Waals surface area contributed by atoms with Crippen molar-refractivity contribution in [3.63, 3.8) is 0 Å². The smallest absolute Gasteiger partial charge is 0.246 e. The lowest BCUT2D eigenvalue weighted by Crippen LogP contribution is -2.36. The monoisotopic (exact) mass is 231 g/mol. The van der Waals surface area contributed by atoms with Crippen molar-refractivity contribution in [1.29, 1.82) is 0 Å². The second kappa shape index (κ2) is 4.32. The molecule has 0 aromatic carbocycles. The van der Waals surface area contributed by atoms with Crippen LogP contribution in [0.25, 0.3) is 0 Å². The second-order valence-electron chi connectivity index (χ2n) is 3.66. The molecule has 15 heavy (non-hydrogen) atoms. The summed E-state index contributed by atoms with van der Waals surface area (Å²) in [6.45, 7) is 7.71. The maximum atomic E-state index is 12.2. The van der Waals surface area contributed by atoms with Crippen LogP contribution in [0, 0.1) is 6.92 Å². The van der Waals surface area contributed by atoms with Crippen molar-refractivity contribution >= 4 is 10.0 Å². The van der Waals surface area contributed by atoms with Crippen molar-refractivity contribution in [2.75, 3.05) is 6.54 Å². The predicted octanol–water partition coefficient (Wildman–Crippen LogP) is 1.14. The number of aromatic amines is 1. The van der Waals surface area contributed by atoms with E-state index in [2.05, 4.69) is 10.2 Å². The molecule has 0 spiro atoms. The van der Waals surface area contributed by atoms with Crippen LogP contribution >= 0.6 is 0 Å². The van der Waals surface area contributed by atoms with Crippen LogP contribution in [-0.4, -0.2) is 35.5 Å². The number of rotatable bonds is 4. The Labute approximate surface area is 90.5 Å². The van der Waals surface area contributed by atoms with Gasteiger partial charge in [0.15, 0.2) is 0 Å². The highest BCUT2D eigenvalue weighted by molar-refractivity contribution is 7.89. The predicted molar refractivity (Wildman–Crippen MR) is 58.0 cm³/mol. The van der Waals surface area contributed by atoms with E-state index in [0.717, 1.165) is 0 Å². The number of H-pyrrole nitrogens is 1. The number of aromatic nitrogens is 2. The lowest BCUT2D eigenvalue weighted by Gasteiger charge is -2.23. The summed E-state index contributed by atoms with van der Waals surface area (Å²) >= 11 is 0. The minimum Gasteiger partial charge on any atom is -0.281 e. The van der Waals surface area contributed by atoms with Crippen LogP contribution in [-0.2, 0) is 10.0 Å². The molecule has 6 heteroatoms. The Morgan fingerprint density at radius 2 is 2.13 bits per heavy atom. The van der Waals surface area contributed by atoms with Gasteiger partial charge in [0.05, 0.1) is 11.9 Å². The Morgan fingerprint density at radius 1 is 1.53 bits per heavy atom. The second-order valence-corrected chi connectivity index (χ2v) is 5.52. The molecule has 0 aliphatic heterocycles. The summed E-state index contributed by atoms with van der Waals surface area (Å²) in [5, 5.41) is 6.37. The standard InChI is InChI=1S/C9H17N3O2S/c1-5-12(7(2)3)15(13,14)9-6-10-11-8(9)4/h6-7H,5H2,1-4H3,(H,10,11). The van der Waals surface area contributed by atoms with E-state index in [0.29, 0.717) is 12.2 Å². The molecule has 1 rings (SSSR count). The van der Waals surface area contributed by atoms with E-state index < -0.39 is 10.0 Å². The Kier molecular flexibility index (Phi) is 3.51. The van der Waals surface area contributed by atoms with Crippen molar-refractivity contribution in [1.82, 2.24) is 14.5 Å². The highest BCUT2D eigenvalue weighted by Gasteiger charge is 2.27. The summed E-state index contributed by atoms with van der Waals surface area (Å²) in [6.07, 6.45) is 1.36. The molecule has 0 bridgehead atoms. The minimum atomic E-state index is -3.40. The first-order chi connectivity index (χ1) is 6.91. The van der Waals surface area contributed by atoms with Gasteiger partial charge in [-0.15, -0.1) is 0 Å². The number of sulfonamides is 1. The quantitative estimate of drug-likeness (QED) is 0.845. The fourth-order valence-electron chi connectivity index (χ4n) is 1.54. The summed E-state index contributed by atoms with van der Waals surface area (Å²) in [5.74, 6) is 0. The normalized spacial score (nSPS) is 12.7. The van der Waals surface area contributed by atoms with E-state index in [9.17, 15) is 8.42 Å². The molecular weight excluding hydrogens is 214 g/mol. The third kappa shape index (κ3) is 2.21. The van der Waals surface area contributed by atoms with Crippen molar-refractivity contribution in [2.45, 2.75) is 38.6 Å².